The lowest BCUT2D eigenvalue weighted by Crippen LogP contribution is -2.31. The fourth-order valence-electron chi connectivity index (χ4n) is 1.99. The van der Waals surface area contributed by atoms with E-state index in [4.69, 9.17) is 9.47 Å². The Bertz CT molecular complexity index is 439. The minimum Gasteiger partial charge on any atom is -0.490 e. The fraction of sp³-hybridized carbons (Fsp3) is 0.562. The summed E-state index contributed by atoms with van der Waals surface area (Å²) in [5, 5.41) is 0. The molecular weight excluding hydrogens is 259 g/mol. The van der Waals surface area contributed by atoms with Crippen LogP contribution in [-0.2, 0) is 4.79 Å². The summed E-state index contributed by atoms with van der Waals surface area (Å²) < 4.78 is 24.2. The molecule has 2 rings (SSSR count). The number of carbonyl (C=O) groups excluding carboxylic acids is 1. The van der Waals surface area contributed by atoms with Gasteiger partial charge in [-0.2, -0.15) is 0 Å². The van der Waals surface area contributed by atoms with E-state index in [2.05, 4.69) is 6.92 Å². The molecule has 1 aliphatic carbocycles. The van der Waals surface area contributed by atoms with Crippen LogP contribution in [0.1, 0.15) is 40.5 Å². The maximum absolute atomic E-state index is 13.4. The highest BCUT2D eigenvalue weighted by atomic mass is 19.1. The number of hydrogen-bond donors (Lipinski definition) is 0. The molecule has 20 heavy (non-hydrogen) atoms. The van der Waals surface area contributed by atoms with Gasteiger partial charge < -0.3 is 9.47 Å². The zero-order chi connectivity index (χ0) is 15.1. The summed E-state index contributed by atoms with van der Waals surface area (Å²) in [6, 6.07) is 4.21. The molecule has 0 aliphatic heterocycles. The highest BCUT2D eigenvalue weighted by Crippen LogP contribution is 2.32. The van der Waals surface area contributed by atoms with E-state index in [-0.39, 0.29) is 18.5 Å². The van der Waals surface area contributed by atoms with Gasteiger partial charge in [-0.3, -0.25) is 4.79 Å². The molecule has 3 nitrogen and oxygen atoms in total. The van der Waals surface area contributed by atoms with E-state index >= 15 is 0 Å². The second-order valence-corrected chi connectivity index (χ2v) is 4.93. The van der Waals surface area contributed by atoms with Crippen LogP contribution in [0.5, 0.6) is 11.5 Å². The predicted molar refractivity (Wildman–Crippen MR) is 76.7 cm³/mol. The third kappa shape index (κ3) is 5.19. The third-order valence-electron chi connectivity index (χ3n) is 2.92. The minimum atomic E-state index is -0.418. The van der Waals surface area contributed by atoms with E-state index in [1.54, 1.807) is 6.07 Å². The number of Topliss-reactive ketones (excluding diaryl/α,β-unsaturated/α-hetero) is 1. The summed E-state index contributed by atoms with van der Waals surface area (Å²) in [4.78, 5) is 10.8. The second-order valence-electron chi connectivity index (χ2n) is 4.93. The normalized spacial score (nSPS) is 20.2. The molecule has 1 fully saturated rings. The predicted octanol–water partition coefficient (Wildman–Crippen LogP) is 4.00. The molecule has 1 aromatic rings. The summed E-state index contributed by atoms with van der Waals surface area (Å²) >= 11 is 0. The summed E-state index contributed by atoms with van der Waals surface area (Å²) in [5.74, 6) is 0.947. The smallest absolute Gasteiger partial charge is 0.167 e. The van der Waals surface area contributed by atoms with Crippen LogP contribution in [0.4, 0.5) is 4.39 Å². The van der Waals surface area contributed by atoms with E-state index in [1.165, 1.54) is 19.1 Å². The number of rotatable bonds is 5. The van der Waals surface area contributed by atoms with Crippen LogP contribution < -0.4 is 9.47 Å². The number of carbonyl (C=O) groups is 1. The van der Waals surface area contributed by atoms with Crippen molar-refractivity contribution < 1.29 is 18.7 Å². The van der Waals surface area contributed by atoms with Gasteiger partial charge >= 0.3 is 0 Å². The largest absolute Gasteiger partial charge is 0.490 e. The first-order chi connectivity index (χ1) is 9.52. The SMILES string of the molecule is CC.CC(=O)COc1cc(F)cc(OC2CC(C)C2)c1. The van der Waals surface area contributed by atoms with Crippen molar-refractivity contribution in [2.45, 2.75) is 46.6 Å². The Kier molecular flexibility index (Phi) is 6.49. The van der Waals surface area contributed by atoms with Gasteiger partial charge in [-0.05, 0) is 25.7 Å². The molecule has 0 N–H and O–H groups in total. The van der Waals surface area contributed by atoms with Gasteiger partial charge in [0.25, 0.3) is 0 Å². The van der Waals surface area contributed by atoms with Crippen LogP contribution in [0.3, 0.4) is 0 Å². The molecule has 1 saturated carbocycles. The Morgan fingerprint density at radius 2 is 1.85 bits per heavy atom. The molecule has 0 saturated heterocycles. The summed E-state index contributed by atoms with van der Waals surface area (Å²) in [7, 11) is 0. The van der Waals surface area contributed by atoms with Gasteiger partial charge in [-0.15, -0.1) is 0 Å². The number of benzene rings is 1. The lowest BCUT2D eigenvalue weighted by Gasteiger charge is -2.32. The van der Waals surface area contributed by atoms with E-state index in [1.807, 2.05) is 13.8 Å². The second kappa shape index (κ2) is 7.88. The van der Waals surface area contributed by atoms with Gasteiger partial charge in [0, 0.05) is 18.2 Å². The Balaban J connectivity index is 0.000000956. The van der Waals surface area contributed by atoms with Gasteiger partial charge in [0.15, 0.2) is 5.78 Å². The molecule has 1 aromatic carbocycles. The van der Waals surface area contributed by atoms with E-state index in [9.17, 15) is 9.18 Å². The van der Waals surface area contributed by atoms with Crippen LogP contribution in [0.25, 0.3) is 0 Å². The quantitative estimate of drug-likeness (QED) is 0.819. The minimum absolute atomic E-state index is 0.0522. The molecule has 0 heterocycles. The van der Waals surface area contributed by atoms with Crippen LogP contribution in [-0.4, -0.2) is 18.5 Å². The van der Waals surface area contributed by atoms with Gasteiger partial charge in [0.1, 0.15) is 23.9 Å². The number of ketones is 1. The zero-order valence-corrected chi connectivity index (χ0v) is 12.6. The molecule has 0 spiro atoms. The molecule has 0 unspecified atom stereocenters. The Morgan fingerprint density at radius 1 is 1.25 bits per heavy atom. The molecule has 4 heteroatoms. The molecule has 1 aliphatic rings. The Morgan fingerprint density at radius 3 is 2.40 bits per heavy atom. The molecular formula is C16H23FO3. The molecule has 112 valence electrons. The number of ether oxygens (including phenoxy) is 2. The zero-order valence-electron chi connectivity index (χ0n) is 12.6. The van der Waals surface area contributed by atoms with Gasteiger partial charge in [-0.1, -0.05) is 20.8 Å². The molecule has 0 amide bonds. The van der Waals surface area contributed by atoms with Crippen molar-refractivity contribution in [3.63, 3.8) is 0 Å². The van der Waals surface area contributed by atoms with Gasteiger partial charge in [0.05, 0.1) is 6.10 Å². The van der Waals surface area contributed by atoms with Crippen molar-refractivity contribution in [1.29, 1.82) is 0 Å². The van der Waals surface area contributed by atoms with Crippen molar-refractivity contribution >= 4 is 5.78 Å². The van der Waals surface area contributed by atoms with Crippen molar-refractivity contribution in [1.82, 2.24) is 0 Å². The highest BCUT2D eigenvalue weighted by molar-refractivity contribution is 5.77. The summed E-state index contributed by atoms with van der Waals surface area (Å²) in [5.41, 5.74) is 0. The first-order valence-electron chi connectivity index (χ1n) is 7.12. The third-order valence-corrected chi connectivity index (χ3v) is 2.92. The van der Waals surface area contributed by atoms with E-state index in [0.29, 0.717) is 17.4 Å². The van der Waals surface area contributed by atoms with Gasteiger partial charge in [0.2, 0.25) is 0 Å². The topological polar surface area (TPSA) is 35.5 Å². The standard InChI is InChI=1S/C14H17FO3.C2H6/c1-9-3-13(4-9)18-14-6-11(15)5-12(7-14)17-8-10(2)16;1-2/h5-7,9,13H,3-4,8H2,1-2H3;1-2H3. The maximum Gasteiger partial charge on any atom is 0.167 e. The lowest BCUT2D eigenvalue weighted by molar-refractivity contribution is -0.118. The van der Waals surface area contributed by atoms with Crippen molar-refractivity contribution in [3.8, 4) is 11.5 Å². The van der Waals surface area contributed by atoms with Crippen LogP contribution in [0.2, 0.25) is 0 Å². The Hall–Kier alpha value is -1.58. The van der Waals surface area contributed by atoms with Gasteiger partial charge in [-0.25, -0.2) is 4.39 Å². The summed E-state index contributed by atoms with van der Waals surface area (Å²) in [6.45, 7) is 7.53. The maximum atomic E-state index is 13.4. The fourth-order valence-corrected chi connectivity index (χ4v) is 1.99. The van der Waals surface area contributed by atoms with E-state index < -0.39 is 5.82 Å². The van der Waals surface area contributed by atoms with E-state index in [0.717, 1.165) is 12.8 Å². The number of halogens is 1. The molecule has 0 aromatic heterocycles. The average molecular weight is 282 g/mol. The highest BCUT2D eigenvalue weighted by Gasteiger charge is 2.27. The summed E-state index contributed by atoms with van der Waals surface area (Å²) in [6.07, 6.45) is 2.17. The number of hydrogen-bond acceptors (Lipinski definition) is 3. The average Bonchev–Trinajstić information content (AvgIpc) is 2.36. The first-order valence-corrected chi connectivity index (χ1v) is 7.12. The van der Waals surface area contributed by atoms with Crippen LogP contribution in [0, 0.1) is 11.7 Å². The lowest BCUT2D eigenvalue weighted by atomic mass is 9.84. The van der Waals surface area contributed by atoms with Crippen LogP contribution >= 0.6 is 0 Å². The molecule has 0 atom stereocenters. The molecule has 0 radical (unpaired) electrons. The monoisotopic (exact) mass is 282 g/mol. The van der Waals surface area contributed by atoms with Crippen LogP contribution in [0.15, 0.2) is 18.2 Å². The van der Waals surface area contributed by atoms with Crippen molar-refractivity contribution in [3.05, 3.63) is 24.0 Å². The van der Waals surface area contributed by atoms with Crippen molar-refractivity contribution in [2.24, 2.45) is 5.92 Å². The Labute approximate surface area is 120 Å². The first kappa shape index (κ1) is 16.5. The van der Waals surface area contributed by atoms with Crippen molar-refractivity contribution in [2.75, 3.05) is 6.61 Å². The molecule has 0 bridgehead atoms.